The first kappa shape index (κ1) is 30.2. The van der Waals surface area contributed by atoms with Crippen LogP contribution >= 0.6 is 11.6 Å². The third-order valence-corrected chi connectivity index (χ3v) is 9.39. The molecule has 228 valence electrons. The lowest BCUT2D eigenvalue weighted by Gasteiger charge is -2.46. The van der Waals surface area contributed by atoms with Gasteiger partial charge in [0.2, 0.25) is 0 Å². The van der Waals surface area contributed by atoms with E-state index in [1.165, 1.54) is 36.3 Å². The average molecular weight is 642 g/mol. The molecule has 0 aromatic heterocycles. The van der Waals surface area contributed by atoms with E-state index in [1.54, 1.807) is 60.7 Å². The number of sulfonamides is 1. The van der Waals surface area contributed by atoms with Crippen molar-refractivity contribution in [1.82, 2.24) is 0 Å². The van der Waals surface area contributed by atoms with E-state index in [0.717, 1.165) is 11.1 Å². The predicted octanol–water partition coefficient (Wildman–Crippen LogP) is 7.96. The number of aryl methyl sites for hydroxylation is 1. The summed E-state index contributed by atoms with van der Waals surface area (Å²) < 4.78 is 50.7. The van der Waals surface area contributed by atoms with Crippen molar-refractivity contribution in [3.8, 4) is 5.75 Å². The van der Waals surface area contributed by atoms with Crippen molar-refractivity contribution in [2.24, 2.45) is 0 Å². The third kappa shape index (κ3) is 5.96. The van der Waals surface area contributed by atoms with Crippen molar-refractivity contribution in [1.29, 1.82) is 0 Å². The summed E-state index contributed by atoms with van der Waals surface area (Å²) in [7, 11) is -2.53. The molecule has 6 rings (SSSR count). The number of nitrogens with one attached hydrogen (secondary N) is 1. The minimum Gasteiger partial charge on any atom is -0.497 e. The van der Waals surface area contributed by atoms with Crippen LogP contribution in [0.15, 0.2) is 120 Å². The zero-order valence-electron chi connectivity index (χ0n) is 24.4. The van der Waals surface area contributed by atoms with Crippen molar-refractivity contribution in [2.75, 3.05) is 21.6 Å². The first-order chi connectivity index (χ1) is 21.7. The van der Waals surface area contributed by atoms with Gasteiger partial charge >= 0.3 is 0 Å². The Morgan fingerprint density at radius 3 is 2.27 bits per heavy atom. The number of hydrogen-bond donors (Lipinski definition) is 1. The highest BCUT2D eigenvalue weighted by atomic mass is 35.5. The largest absolute Gasteiger partial charge is 0.497 e. The molecule has 10 heteroatoms. The van der Waals surface area contributed by atoms with Crippen LogP contribution in [0.25, 0.3) is 0 Å². The summed E-state index contributed by atoms with van der Waals surface area (Å²) in [5.74, 6) is -0.529. The maximum absolute atomic E-state index is 15.8. The molecule has 0 fully saturated rings. The lowest BCUT2D eigenvalue weighted by Crippen LogP contribution is -2.50. The molecule has 0 spiro atoms. The SMILES string of the molecule is COc1ccc(N2C(=O)c3cc(S(=O)(=O)Nc4ccc(C)cc4)ccc3N(Cc3ccccc3)[C@H]2c2c(F)cccc2Cl)cc1. The van der Waals surface area contributed by atoms with Gasteiger partial charge in [-0.1, -0.05) is 65.7 Å². The highest BCUT2D eigenvalue weighted by molar-refractivity contribution is 7.92. The summed E-state index contributed by atoms with van der Waals surface area (Å²) in [5, 5.41) is 0.148. The summed E-state index contributed by atoms with van der Waals surface area (Å²) in [6, 6.07) is 32.1. The molecule has 0 saturated carbocycles. The standard InChI is InChI=1S/C35H29ClFN3O4S/c1-23-11-13-25(14-12-23)38-45(42,43)28-19-20-32-29(21-28)35(41)40(26-15-17-27(44-2)18-16-26)34(33-30(36)9-6-10-31(33)37)39(32)22-24-7-4-3-5-8-24/h3-21,34,38H,22H2,1-2H3/t34-/m1/s1. The van der Waals surface area contributed by atoms with E-state index in [-0.39, 0.29) is 27.6 Å². The van der Waals surface area contributed by atoms with Gasteiger partial charge in [0.15, 0.2) is 0 Å². The Hall–Kier alpha value is -4.86. The van der Waals surface area contributed by atoms with Crippen molar-refractivity contribution in [3.63, 3.8) is 0 Å². The number of ether oxygens (including phenoxy) is 1. The first-order valence-corrected chi connectivity index (χ1v) is 16.0. The number of amides is 1. The summed E-state index contributed by atoms with van der Waals surface area (Å²) in [5.41, 5.74) is 3.40. The smallest absolute Gasteiger partial charge is 0.262 e. The summed E-state index contributed by atoms with van der Waals surface area (Å²) >= 11 is 6.67. The monoisotopic (exact) mass is 641 g/mol. The molecule has 0 bridgehead atoms. The van der Waals surface area contributed by atoms with Crippen LogP contribution in [0.4, 0.5) is 21.5 Å². The van der Waals surface area contributed by atoms with Gasteiger partial charge in [0.1, 0.15) is 17.7 Å². The Labute approximate surface area is 266 Å². The van der Waals surface area contributed by atoms with E-state index < -0.39 is 27.9 Å². The molecular formula is C35H29ClFN3O4S. The lowest BCUT2D eigenvalue weighted by atomic mass is 9.98. The summed E-state index contributed by atoms with van der Waals surface area (Å²) in [4.78, 5) is 17.8. The van der Waals surface area contributed by atoms with Gasteiger partial charge in [-0.3, -0.25) is 14.4 Å². The number of rotatable bonds is 8. The van der Waals surface area contributed by atoms with Gasteiger partial charge in [-0.15, -0.1) is 0 Å². The van der Waals surface area contributed by atoms with Crippen LogP contribution in [0.5, 0.6) is 5.75 Å². The van der Waals surface area contributed by atoms with Crippen molar-refractivity contribution in [3.05, 3.63) is 148 Å². The molecule has 1 heterocycles. The molecule has 1 N–H and O–H groups in total. The normalized spacial score (nSPS) is 14.7. The maximum atomic E-state index is 15.8. The zero-order valence-corrected chi connectivity index (χ0v) is 26.0. The Bertz CT molecular complexity index is 1950. The number of carbonyl (C=O) groups is 1. The molecule has 7 nitrogen and oxygen atoms in total. The van der Waals surface area contributed by atoms with Gasteiger partial charge in [0.05, 0.1) is 28.3 Å². The highest BCUT2D eigenvalue weighted by Gasteiger charge is 2.42. The van der Waals surface area contributed by atoms with Crippen LogP contribution in [0.2, 0.25) is 5.02 Å². The maximum Gasteiger partial charge on any atom is 0.262 e. The van der Waals surface area contributed by atoms with Crippen LogP contribution in [-0.4, -0.2) is 21.4 Å². The van der Waals surface area contributed by atoms with Crippen molar-refractivity contribution in [2.45, 2.75) is 24.5 Å². The fraction of sp³-hybridized carbons (Fsp3) is 0.114. The number of nitrogens with zero attached hydrogens (tertiary/aromatic N) is 2. The van der Waals surface area contributed by atoms with E-state index in [0.29, 0.717) is 22.8 Å². The van der Waals surface area contributed by atoms with Gasteiger partial charge in [0.25, 0.3) is 15.9 Å². The number of methoxy groups -OCH3 is 1. The number of hydrogen-bond acceptors (Lipinski definition) is 5. The molecule has 0 radical (unpaired) electrons. The molecule has 0 saturated heterocycles. The van der Waals surface area contributed by atoms with Crippen LogP contribution in [0.3, 0.4) is 0 Å². The summed E-state index contributed by atoms with van der Waals surface area (Å²) in [6.45, 7) is 2.17. The van der Waals surface area contributed by atoms with E-state index in [1.807, 2.05) is 42.2 Å². The fourth-order valence-corrected chi connectivity index (χ4v) is 6.79. The molecule has 45 heavy (non-hydrogen) atoms. The predicted molar refractivity (Wildman–Crippen MR) is 175 cm³/mol. The quantitative estimate of drug-likeness (QED) is 0.186. The highest BCUT2D eigenvalue weighted by Crippen LogP contribution is 2.45. The Balaban J connectivity index is 1.55. The van der Waals surface area contributed by atoms with E-state index in [2.05, 4.69) is 4.72 Å². The number of benzene rings is 5. The van der Waals surface area contributed by atoms with E-state index >= 15 is 4.39 Å². The van der Waals surface area contributed by atoms with Gasteiger partial charge in [-0.2, -0.15) is 0 Å². The van der Waals surface area contributed by atoms with Crippen molar-refractivity contribution < 1.29 is 22.3 Å². The van der Waals surface area contributed by atoms with Gasteiger partial charge < -0.3 is 9.64 Å². The van der Waals surface area contributed by atoms with Crippen molar-refractivity contribution >= 4 is 44.6 Å². The first-order valence-electron chi connectivity index (χ1n) is 14.1. The van der Waals surface area contributed by atoms with Crippen LogP contribution in [-0.2, 0) is 16.6 Å². The molecule has 1 atom stereocenters. The number of fused-ring (bicyclic) bond motifs is 1. The molecule has 5 aromatic carbocycles. The molecule has 1 amide bonds. The summed E-state index contributed by atoms with van der Waals surface area (Å²) in [6.07, 6.45) is -1.01. The third-order valence-electron chi connectivity index (χ3n) is 7.68. The minimum absolute atomic E-state index is 0.0908. The van der Waals surface area contributed by atoms with Crippen LogP contribution in [0, 0.1) is 12.7 Å². The van der Waals surface area contributed by atoms with Gasteiger partial charge in [0, 0.05) is 23.5 Å². The van der Waals surface area contributed by atoms with E-state index in [9.17, 15) is 13.2 Å². The second kappa shape index (κ2) is 12.3. The topological polar surface area (TPSA) is 78.9 Å². The van der Waals surface area contributed by atoms with Gasteiger partial charge in [-0.05, 0) is 79.2 Å². The Morgan fingerprint density at radius 2 is 1.60 bits per heavy atom. The molecule has 0 unspecified atom stereocenters. The number of carbonyl (C=O) groups excluding carboxylic acids is 1. The number of anilines is 3. The molecule has 5 aromatic rings. The molecule has 0 aliphatic carbocycles. The van der Waals surface area contributed by atoms with Crippen LogP contribution in [0.1, 0.15) is 33.2 Å². The molecule has 1 aliphatic rings. The second-order valence-corrected chi connectivity index (χ2v) is 12.7. The second-order valence-electron chi connectivity index (χ2n) is 10.6. The van der Waals surface area contributed by atoms with Gasteiger partial charge in [-0.25, -0.2) is 12.8 Å². The van der Waals surface area contributed by atoms with E-state index in [4.69, 9.17) is 16.3 Å². The minimum atomic E-state index is -4.07. The van der Waals surface area contributed by atoms with Crippen LogP contribution < -0.4 is 19.3 Å². The fourth-order valence-electron chi connectivity index (χ4n) is 5.45. The molecule has 1 aliphatic heterocycles. The lowest BCUT2D eigenvalue weighted by molar-refractivity contribution is 0.0967. The average Bonchev–Trinajstić information content (AvgIpc) is 3.04. The Kier molecular flexibility index (Phi) is 8.22. The number of halogens is 2. The Morgan fingerprint density at radius 1 is 0.889 bits per heavy atom. The molecular weight excluding hydrogens is 613 g/mol. The zero-order chi connectivity index (χ0) is 31.7.